The van der Waals surface area contributed by atoms with Crippen LogP contribution in [0.4, 0.5) is 10.5 Å². The average molecular weight is 485 g/mol. The molecule has 0 atom stereocenters. The molecule has 4 rings (SSSR count). The molecule has 0 spiro atoms. The van der Waals surface area contributed by atoms with Gasteiger partial charge in [-0.25, -0.2) is 9.69 Å². The Morgan fingerprint density at radius 1 is 0.917 bits per heavy atom. The molecule has 8 heteroatoms. The Labute approximate surface area is 208 Å². The number of ether oxygens (including phenoxy) is 3. The molecule has 1 aliphatic rings. The van der Waals surface area contributed by atoms with Crippen molar-refractivity contribution in [2.45, 2.75) is 6.61 Å². The summed E-state index contributed by atoms with van der Waals surface area (Å²) < 4.78 is 16.6. The highest BCUT2D eigenvalue weighted by atomic mass is 16.5. The van der Waals surface area contributed by atoms with Crippen LogP contribution in [0.3, 0.4) is 0 Å². The molecule has 0 aromatic heterocycles. The van der Waals surface area contributed by atoms with Crippen molar-refractivity contribution in [1.29, 1.82) is 0 Å². The van der Waals surface area contributed by atoms with E-state index in [2.05, 4.69) is 11.9 Å². The second-order valence-electron chi connectivity index (χ2n) is 7.74. The number of nitrogens with zero attached hydrogens (tertiary/aromatic N) is 1. The zero-order valence-corrected chi connectivity index (χ0v) is 19.6. The predicted octanol–water partition coefficient (Wildman–Crippen LogP) is 4.51. The van der Waals surface area contributed by atoms with Crippen LogP contribution in [0.1, 0.15) is 11.1 Å². The highest BCUT2D eigenvalue weighted by Gasteiger charge is 2.36. The lowest BCUT2D eigenvalue weighted by molar-refractivity contribution is -0.122. The van der Waals surface area contributed by atoms with Crippen LogP contribution in [0.15, 0.2) is 91.0 Å². The van der Waals surface area contributed by atoms with Crippen LogP contribution in [-0.4, -0.2) is 31.6 Å². The summed E-state index contributed by atoms with van der Waals surface area (Å²) in [6.07, 6.45) is 3.00. The molecule has 0 aliphatic carbocycles. The number of benzene rings is 3. The average Bonchev–Trinajstić information content (AvgIpc) is 2.90. The van der Waals surface area contributed by atoms with E-state index < -0.39 is 17.8 Å². The summed E-state index contributed by atoms with van der Waals surface area (Å²) in [5.41, 5.74) is 1.64. The summed E-state index contributed by atoms with van der Waals surface area (Å²) in [4.78, 5) is 39.1. The molecule has 1 saturated heterocycles. The fraction of sp³-hybridized carbons (Fsp3) is 0.107. The molecule has 1 aliphatic heterocycles. The monoisotopic (exact) mass is 484 g/mol. The Hall–Kier alpha value is -4.85. The molecule has 3 aromatic carbocycles. The first-order valence-electron chi connectivity index (χ1n) is 11.1. The third-order valence-corrected chi connectivity index (χ3v) is 5.30. The minimum Gasteiger partial charge on any atom is -0.493 e. The summed E-state index contributed by atoms with van der Waals surface area (Å²) in [6.45, 7) is 4.29. The lowest BCUT2D eigenvalue weighted by Gasteiger charge is -2.26. The maximum absolute atomic E-state index is 13.2. The summed E-state index contributed by atoms with van der Waals surface area (Å²) in [6, 6.07) is 20.3. The van der Waals surface area contributed by atoms with E-state index in [1.54, 1.807) is 48.5 Å². The van der Waals surface area contributed by atoms with E-state index in [1.807, 2.05) is 30.3 Å². The number of amides is 4. The third-order valence-electron chi connectivity index (χ3n) is 5.30. The molecule has 1 N–H and O–H groups in total. The highest BCUT2D eigenvalue weighted by Crippen LogP contribution is 2.30. The number of methoxy groups -OCH3 is 1. The van der Waals surface area contributed by atoms with Crippen molar-refractivity contribution in [3.8, 4) is 17.2 Å². The molecular weight excluding hydrogens is 460 g/mol. The third kappa shape index (κ3) is 5.44. The van der Waals surface area contributed by atoms with E-state index in [1.165, 1.54) is 13.2 Å². The molecule has 1 heterocycles. The van der Waals surface area contributed by atoms with Crippen LogP contribution < -0.4 is 24.4 Å². The number of urea groups is 1. The Bertz CT molecular complexity index is 1320. The van der Waals surface area contributed by atoms with Crippen molar-refractivity contribution in [2.24, 2.45) is 0 Å². The van der Waals surface area contributed by atoms with Gasteiger partial charge in [0.1, 0.15) is 24.5 Å². The molecule has 0 radical (unpaired) electrons. The standard InChI is InChI=1S/C28H24N2O6/c1-3-15-35-24-14-9-20(17-25(24)34-2)16-23-26(31)29-28(33)30(27(23)32)21-10-12-22(13-11-21)36-18-19-7-5-4-6-8-19/h3-14,16-17H,1,15,18H2,2H3,(H,29,31,33)/b23-16+. The van der Waals surface area contributed by atoms with Crippen molar-refractivity contribution in [3.63, 3.8) is 0 Å². The minimum atomic E-state index is -0.828. The molecular formula is C28H24N2O6. The van der Waals surface area contributed by atoms with Crippen molar-refractivity contribution < 1.29 is 28.6 Å². The lowest BCUT2D eigenvalue weighted by atomic mass is 10.1. The predicted molar refractivity (Wildman–Crippen MR) is 135 cm³/mol. The maximum atomic E-state index is 13.2. The first-order valence-corrected chi connectivity index (χ1v) is 11.1. The molecule has 0 unspecified atom stereocenters. The number of imide groups is 2. The highest BCUT2D eigenvalue weighted by molar-refractivity contribution is 6.39. The lowest BCUT2D eigenvalue weighted by Crippen LogP contribution is -2.54. The summed E-state index contributed by atoms with van der Waals surface area (Å²) >= 11 is 0. The Morgan fingerprint density at radius 3 is 2.36 bits per heavy atom. The Balaban J connectivity index is 1.54. The second kappa shape index (κ2) is 11.1. The molecule has 36 heavy (non-hydrogen) atoms. The van der Waals surface area contributed by atoms with Gasteiger partial charge >= 0.3 is 6.03 Å². The molecule has 182 valence electrons. The van der Waals surface area contributed by atoms with Crippen molar-refractivity contribution in [1.82, 2.24) is 5.32 Å². The van der Waals surface area contributed by atoms with Gasteiger partial charge in [-0.15, -0.1) is 0 Å². The Morgan fingerprint density at radius 2 is 1.67 bits per heavy atom. The number of carbonyl (C=O) groups excluding carboxylic acids is 3. The van der Waals surface area contributed by atoms with E-state index in [9.17, 15) is 14.4 Å². The normalized spacial score (nSPS) is 14.4. The number of hydrogen-bond donors (Lipinski definition) is 1. The fourth-order valence-corrected chi connectivity index (χ4v) is 3.53. The first-order chi connectivity index (χ1) is 17.5. The van der Waals surface area contributed by atoms with Gasteiger partial charge in [0.2, 0.25) is 0 Å². The van der Waals surface area contributed by atoms with Gasteiger partial charge in [0, 0.05) is 0 Å². The topological polar surface area (TPSA) is 94.2 Å². The van der Waals surface area contributed by atoms with Gasteiger partial charge in [-0.05, 0) is 53.6 Å². The molecule has 0 saturated carbocycles. The van der Waals surface area contributed by atoms with Crippen LogP contribution in [0.2, 0.25) is 0 Å². The van der Waals surface area contributed by atoms with Crippen molar-refractivity contribution in [3.05, 3.63) is 102 Å². The van der Waals surface area contributed by atoms with Gasteiger partial charge in [-0.1, -0.05) is 49.1 Å². The van der Waals surface area contributed by atoms with Crippen molar-refractivity contribution in [2.75, 3.05) is 18.6 Å². The maximum Gasteiger partial charge on any atom is 0.335 e. The van der Waals surface area contributed by atoms with Gasteiger partial charge in [0.25, 0.3) is 11.8 Å². The van der Waals surface area contributed by atoms with Crippen LogP contribution in [0.25, 0.3) is 6.08 Å². The van der Waals surface area contributed by atoms with Gasteiger partial charge in [0.05, 0.1) is 12.8 Å². The van der Waals surface area contributed by atoms with Crippen LogP contribution in [0, 0.1) is 0 Å². The van der Waals surface area contributed by atoms with E-state index in [0.717, 1.165) is 10.5 Å². The smallest absolute Gasteiger partial charge is 0.335 e. The number of carbonyl (C=O) groups is 3. The zero-order valence-electron chi connectivity index (χ0n) is 19.6. The summed E-state index contributed by atoms with van der Waals surface area (Å²) in [5, 5.41) is 2.22. The molecule has 3 aromatic rings. The molecule has 8 nitrogen and oxygen atoms in total. The van der Waals surface area contributed by atoms with Crippen LogP contribution in [0.5, 0.6) is 17.2 Å². The quantitative estimate of drug-likeness (QED) is 0.273. The van der Waals surface area contributed by atoms with Gasteiger partial charge in [-0.3, -0.25) is 14.9 Å². The SMILES string of the molecule is C=CCOc1ccc(/C=C2\C(=O)NC(=O)N(c3ccc(OCc4ccccc4)cc3)C2=O)cc1OC. The molecule has 1 fully saturated rings. The number of rotatable bonds is 9. The van der Waals surface area contributed by atoms with Gasteiger partial charge < -0.3 is 14.2 Å². The van der Waals surface area contributed by atoms with E-state index >= 15 is 0 Å². The van der Waals surface area contributed by atoms with Gasteiger partial charge in [-0.2, -0.15) is 0 Å². The summed E-state index contributed by atoms with van der Waals surface area (Å²) in [7, 11) is 1.49. The number of hydrogen-bond acceptors (Lipinski definition) is 6. The number of barbiturate groups is 1. The molecule has 4 amide bonds. The van der Waals surface area contributed by atoms with Crippen molar-refractivity contribution >= 4 is 29.6 Å². The number of anilines is 1. The van der Waals surface area contributed by atoms with E-state index in [-0.39, 0.29) is 5.57 Å². The largest absolute Gasteiger partial charge is 0.493 e. The second-order valence-corrected chi connectivity index (χ2v) is 7.74. The number of nitrogens with one attached hydrogen (secondary N) is 1. The fourth-order valence-electron chi connectivity index (χ4n) is 3.53. The first kappa shape index (κ1) is 24.3. The summed E-state index contributed by atoms with van der Waals surface area (Å²) in [5.74, 6) is -0.0351. The van der Waals surface area contributed by atoms with E-state index in [0.29, 0.717) is 41.7 Å². The van der Waals surface area contributed by atoms with Gasteiger partial charge in [0.15, 0.2) is 11.5 Å². The Kier molecular flexibility index (Phi) is 7.45. The molecule has 0 bridgehead atoms. The van der Waals surface area contributed by atoms with Crippen LogP contribution >= 0.6 is 0 Å². The van der Waals surface area contributed by atoms with E-state index in [4.69, 9.17) is 14.2 Å². The van der Waals surface area contributed by atoms with Crippen LogP contribution in [-0.2, 0) is 16.2 Å². The zero-order chi connectivity index (χ0) is 25.5. The minimum absolute atomic E-state index is 0.194.